The highest BCUT2D eigenvalue weighted by Gasteiger charge is 2.50. The summed E-state index contributed by atoms with van der Waals surface area (Å²) in [6.45, 7) is 2.99. The van der Waals surface area contributed by atoms with E-state index in [4.69, 9.17) is 9.84 Å². The van der Waals surface area contributed by atoms with Gasteiger partial charge >= 0.3 is 5.97 Å². The van der Waals surface area contributed by atoms with E-state index in [0.717, 1.165) is 6.42 Å². The molecule has 0 bridgehead atoms. The van der Waals surface area contributed by atoms with Crippen molar-refractivity contribution < 1.29 is 14.6 Å². The van der Waals surface area contributed by atoms with Gasteiger partial charge in [-0.25, -0.2) is 4.98 Å². The maximum Gasteiger partial charge on any atom is 0.311 e. The van der Waals surface area contributed by atoms with Crippen molar-refractivity contribution in [1.82, 2.24) is 9.97 Å². The lowest BCUT2D eigenvalue weighted by molar-refractivity contribution is -0.142. The van der Waals surface area contributed by atoms with Gasteiger partial charge in [-0.15, -0.1) is 0 Å². The van der Waals surface area contributed by atoms with E-state index in [0.29, 0.717) is 37.8 Å². The molecule has 1 aliphatic carbocycles. The van der Waals surface area contributed by atoms with Crippen LogP contribution in [0.5, 0.6) is 5.88 Å². The number of carboxylic acid groups (broad SMARTS) is 1. The average molecular weight is 251 g/mol. The van der Waals surface area contributed by atoms with E-state index in [1.54, 1.807) is 12.3 Å². The molecule has 0 atom stereocenters. The lowest BCUT2D eigenvalue weighted by atomic mass is 10.1. The van der Waals surface area contributed by atoms with Crippen LogP contribution in [0.2, 0.25) is 0 Å². The Morgan fingerprint density at radius 1 is 1.61 bits per heavy atom. The third kappa shape index (κ3) is 2.88. The van der Waals surface area contributed by atoms with Crippen molar-refractivity contribution in [2.45, 2.75) is 26.2 Å². The van der Waals surface area contributed by atoms with Crippen LogP contribution in [0.4, 0.5) is 5.95 Å². The van der Waals surface area contributed by atoms with Crippen LogP contribution in [0, 0.1) is 5.41 Å². The van der Waals surface area contributed by atoms with Gasteiger partial charge < -0.3 is 15.2 Å². The lowest BCUT2D eigenvalue weighted by Gasteiger charge is -2.11. The Morgan fingerprint density at radius 2 is 2.39 bits per heavy atom. The number of carbonyl (C=O) groups is 1. The van der Waals surface area contributed by atoms with Crippen LogP contribution < -0.4 is 10.1 Å². The monoisotopic (exact) mass is 251 g/mol. The summed E-state index contributed by atoms with van der Waals surface area (Å²) >= 11 is 0. The highest BCUT2D eigenvalue weighted by molar-refractivity contribution is 5.78. The van der Waals surface area contributed by atoms with Crippen LogP contribution in [0.25, 0.3) is 0 Å². The maximum absolute atomic E-state index is 11.0. The molecule has 98 valence electrons. The summed E-state index contributed by atoms with van der Waals surface area (Å²) < 4.78 is 5.38. The third-order valence-corrected chi connectivity index (χ3v) is 2.98. The first-order valence-electron chi connectivity index (χ1n) is 6.09. The van der Waals surface area contributed by atoms with Gasteiger partial charge in [0, 0.05) is 18.8 Å². The first-order valence-corrected chi connectivity index (χ1v) is 6.09. The zero-order chi connectivity index (χ0) is 13.0. The van der Waals surface area contributed by atoms with Crippen LogP contribution in [0.3, 0.4) is 0 Å². The quantitative estimate of drug-likeness (QED) is 0.764. The fraction of sp³-hybridized carbons (Fsp3) is 0.583. The van der Waals surface area contributed by atoms with Crippen molar-refractivity contribution in [3.05, 3.63) is 12.3 Å². The van der Waals surface area contributed by atoms with E-state index in [2.05, 4.69) is 15.3 Å². The topological polar surface area (TPSA) is 84.3 Å². The molecular weight excluding hydrogens is 234 g/mol. The Hall–Kier alpha value is -1.85. The van der Waals surface area contributed by atoms with Gasteiger partial charge in [0.25, 0.3) is 0 Å². The molecule has 6 nitrogen and oxygen atoms in total. The third-order valence-electron chi connectivity index (χ3n) is 2.98. The summed E-state index contributed by atoms with van der Waals surface area (Å²) in [5, 5.41) is 12.0. The highest BCUT2D eigenvalue weighted by Crippen LogP contribution is 2.45. The predicted octanol–water partition coefficient (Wildman–Crippen LogP) is 1.54. The molecule has 0 saturated heterocycles. The summed E-state index contributed by atoms with van der Waals surface area (Å²) in [6, 6.07) is 1.69. The molecule has 0 aliphatic heterocycles. The number of aromatic nitrogens is 2. The smallest absolute Gasteiger partial charge is 0.311 e. The molecule has 1 heterocycles. The first-order chi connectivity index (χ1) is 8.66. The number of rotatable bonds is 7. The van der Waals surface area contributed by atoms with E-state index in [1.807, 2.05) is 6.92 Å². The fourth-order valence-electron chi connectivity index (χ4n) is 1.58. The Labute approximate surface area is 105 Å². The molecule has 0 amide bonds. The van der Waals surface area contributed by atoms with E-state index in [-0.39, 0.29) is 0 Å². The molecule has 6 heteroatoms. The fourth-order valence-corrected chi connectivity index (χ4v) is 1.58. The number of hydrogen-bond donors (Lipinski definition) is 2. The first kappa shape index (κ1) is 12.6. The van der Waals surface area contributed by atoms with Crippen molar-refractivity contribution in [2.75, 3.05) is 18.5 Å². The zero-order valence-electron chi connectivity index (χ0n) is 10.3. The maximum atomic E-state index is 11.0. The van der Waals surface area contributed by atoms with E-state index >= 15 is 0 Å². The van der Waals surface area contributed by atoms with Gasteiger partial charge in [0.05, 0.1) is 12.0 Å². The molecule has 1 fully saturated rings. The SMILES string of the molecule is CCCOc1ccnc(NCC2(C(=O)O)CC2)n1. The average Bonchev–Trinajstić information content (AvgIpc) is 3.16. The number of hydrogen-bond acceptors (Lipinski definition) is 5. The van der Waals surface area contributed by atoms with Crippen molar-refractivity contribution in [2.24, 2.45) is 5.41 Å². The van der Waals surface area contributed by atoms with Crippen LogP contribution in [-0.4, -0.2) is 34.2 Å². The number of aliphatic carboxylic acids is 1. The Morgan fingerprint density at radius 3 is 3.00 bits per heavy atom. The van der Waals surface area contributed by atoms with Gasteiger partial charge in [0.1, 0.15) is 0 Å². The van der Waals surface area contributed by atoms with Gasteiger partial charge in [-0.2, -0.15) is 4.98 Å². The molecule has 1 aromatic heterocycles. The number of nitrogens with one attached hydrogen (secondary N) is 1. The van der Waals surface area contributed by atoms with Gasteiger partial charge in [-0.05, 0) is 19.3 Å². The second-order valence-corrected chi connectivity index (χ2v) is 4.51. The minimum absolute atomic E-state index is 0.361. The summed E-state index contributed by atoms with van der Waals surface area (Å²) in [7, 11) is 0. The number of ether oxygens (including phenoxy) is 1. The highest BCUT2D eigenvalue weighted by atomic mass is 16.5. The standard InChI is InChI=1S/C12H17N3O3/c1-2-7-18-9-3-6-13-11(15-9)14-8-12(4-5-12)10(16)17/h3,6H,2,4-5,7-8H2,1H3,(H,16,17)(H,13,14,15). The summed E-state index contributed by atoms with van der Waals surface area (Å²) in [4.78, 5) is 19.2. The lowest BCUT2D eigenvalue weighted by Crippen LogP contribution is -2.25. The van der Waals surface area contributed by atoms with Crippen LogP contribution >= 0.6 is 0 Å². The second-order valence-electron chi connectivity index (χ2n) is 4.51. The molecule has 0 aromatic carbocycles. The van der Waals surface area contributed by atoms with Gasteiger partial charge in [0.2, 0.25) is 11.8 Å². The number of nitrogens with zero attached hydrogens (tertiary/aromatic N) is 2. The Balaban J connectivity index is 1.91. The second kappa shape index (κ2) is 5.20. The molecule has 1 aromatic rings. The normalized spacial score (nSPS) is 16.1. The number of anilines is 1. The molecule has 2 rings (SSSR count). The van der Waals surface area contributed by atoms with Crippen molar-refractivity contribution in [3.63, 3.8) is 0 Å². The number of carboxylic acids is 1. The molecule has 1 aliphatic rings. The van der Waals surface area contributed by atoms with Crippen LogP contribution in [0.15, 0.2) is 12.3 Å². The van der Waals surface area contributed by atoms with Gasteiger partial charge in [0.15, 0.2) is 0 Å². The summed E-state index contributed by atoms with van der Waals surface area (Å²) in [6.07, 6.45) is 3.93. The van der Waals surface area contributed by atoms with Crippen molar-refractivity contribution >= 4 is 11.9 Å². The molecule has 0 radical (unpaired) electrons. The molecule has 0 unspecified atom stereocenters. The molecule has 0 spiro atoms. The van der Waals surface area contributed by atoms with Gasteiger partial charge in [-0.3, -0.25) is 4.79 Å². The van der Waals surface area contributed by atoms with E-state index in [1.165, 1.54) is 0 Å². The zero-order valence-corrected chi connectivity index (χ0v) is 10.3. The Kier molecular flexibility index (Phi) is 3.64. The van der Waals surface area contributed by atoms with E-state index < -0.39 is 11.4 Å². The van der Waals surface area contributed by atoms with Crippen molar-refractivity contribution in [1.29, 1.82) is 0 Å². The minimum Gasteiger partial charge on any atom is -0.481 e. The molecule has 18 heavy (non-hydrogen) atoms. The predicted molar refractivity (Wildman–Crippen MR) is 65.6 cm³/mol. The minimum atomic E-state index is -0.756. The van der Waals surface area contributed by atoms with Crippen molar-refractivity contribution in [3.8, 4) is 5.88 Å². The largest absolute Gasteiger partial charge is 0.481 e. The van der Waals surface area contributed by atoms with E-state index in [9.17, 15) is 4.79 Å². The summed E-state index contributed by atoms with van der Waals surface area (Å²) in [5.74, 6) is 0.166. The van der Waals surface area contributed by atoms with Crippen LogP contribution in [-0.2, 0) is 4.79 Å². The summed E-state index contributed by atoms with van der Waals surface area (Å²) in [5.41, 5.74) is -0.621. The Bertz CT molecular complexity index is 432. The molecule has 2 N–H and O–H groups in total. The van der Waals surface area contributed by atoms with Gasteiger partial charge in [-0.1, -0.05) is 6.92 Å². The van der Waals surface area contributed by atoms with Crippen LogP contribution in [0.1, 0.15) is 26.2 Å². The molecular formula is C12H17N3O3. The molecule has 1 saturated carbocycles.